The number of anilines is 2. The van der Waals surface area contributed by atoms with Crippen LogP contribution < -0.4 is 4.90 Å². The van der Waals surface area contributed by atoms with Gasteiger partial charge in [-0.1, -0.05) is 24.7 Å². The number of halogens is 1. The first-order valence-corrected chi connectivity index (χ1v) is 7.49. The predicted octanol–water partition coefficient (Wildman–Crippen LogP) is 4.21. The van der Waals surface area contributed by atoms with E-state index in [1.54, 1.807) is 12.1 Å². The molecule has 0 aliphatic heterocycles. The maximum absolute atomic E-state index is 13.0. The third kappa shape index (κ3) is 3.04. The SMILES string of the molecule is CCCc1nc(N(CC)c2ccc(F)cc2)sc1C=O. The van der Waals surface area contributed by atoms with Gasteiger partial charge in [-0.25, -0.2) is 9.37 Å². The molecule has 0 unspecified atom stereocenters. The molecule has 0 aliphatic rings. The third-order valence-corrected chi connectivity index (χ3v) is 4.04. The lowest BCUT2D eigenvalue weighted by Crippen LogP contribution is -2.15. The maximum atomic E-state index is 13.0. The van der Waals surface area contributed by atoms with Gasteiger partial charge < -0.3 is 4.90 Å². The van der Waals surface area contributed by atoms with Gasteiger partial charge in [0.2, 0.25) is 0 Å². The van der Waals surface area contributed by atoms with Gasteiger partial charge in [-0.2, -0.15) is 0 Å². The number of aromatic nitrogens is 1. The summed E-state index contributed by atoms with van der Waals surface area (Å²) in [7, 11) is 0. The average molecular weight is 292 g/mol. The van der Waals surface area contributed by atoms with Crippen molar-refractivity contribution in [2.75, 3.05) is 11.4 Å². The van der Waals surface area contributed by atoms with Gasteiger partial charge in [-0.15, -0.1) is 0 Å². The lowest BCUT2D eigenvalue weighted by molar-refractivity contribution is 0.112. The number of carbonyl (C=O) groups is 1. The molecule has 0 spiro atoms. The van der Waals surface area contributed by atoms with E-state index in [0.29, 0.717) is 11.4 Å². The first kappa shape index (κ1) is 14.7. The number of aryl methyl sites for hydroxylation is 1. The van der Waals surface area contributed by atoms with E-state index in [4.69, 9.17) is 0 Å². The highest BCUT2D eigenvalue weighted by atomic mass is 32.1. The van der Waals surface area contributed by atoms with Crippen LogP contribution in [0, 0.1) is 5.82 Å². The molecule has 2 rings (SSSR count). The van der Waals surface area contributed by atoms with E-state index in [0.717, 1.165) is 35.6 Å². The van der Waals surface area contributed by atoms with Crippen molar-refractivity contribution in [2.45, 2.75) is 26.7 Å². The maximum Gasteiger partial charge on any atom is 0.190 e. The van der Waals surface area contributed by atoms with Crippen molar-refractivity contribution in [1.82, 2.24) is 4.98 Å². The zero-order valence-corrected chi connectivity index (χ0v) is 12.4. The predicted molar refractivity (Wildman–Crippen MR) is 80.6 cm³/mol. The summed E-state index contributed by atoms with van der Waals surface area (Å²) in [5.41, 5.74) is 1.73. The Morgan fingerprint density at radius 2 is 2.00 bits per heavy atom. The second kappa shape index (κ2) is 6.61. The van der Waals surface area contributed by atoms with Gasteiger partial charge >= 0.3 is 0 Å². The topological polar surface area (TPSA) is 33.2 Å². The lowest BCUT2D eigenvalue weighted by Gasteiger charge is -2.19. The van der Waals surface area contributed by atoms with Gasteiger partial charge in [-0.3, -0.25) is 4.79 Å². The van der Waals surface area contributed by atoms with Crippen molar-refractivity contribution in [3.05, 3.63) is 40.7 Å². The molecule has 0 radical (unpaired) electrons. The van der Waals surface area contributed by atoms with Crippen LogP contribution in [-0.2, 0) is 6.42 Å². The molecule has 106 valence electrons. The van der Waals surface area contributed by atoms with Crippen LogP contribution in [0.4, 0.5) is 15.2 Å². The molecule has 0 fully saturated rings. The molecule has 1 aromatic carbocycles. The van der Waals surface area contributed by atoms with E-state index >= 15 is 0 Å². The van der Waals surface area contributed by atoms with E-state index < -0.39 is 0 Å². The van der Waals surface area contributed by atoms with Crippen LogP contribution in [0.25, 0.3) is 0 Å². The number of nitrogens with zero attached hydrogens (tertiary/aromatic N) is 2. The Hall–Kier alpha value is -1.75. The van der Waals surface area contributed by atoms with Crippen LogP contribution >= 0.6 is 11.3 Å². The molecule has 0 bridgehead atoms. The van der Waals surface area contributed by atoms with Crippen LogP contribution in [0.15, 0.2) is 24.3 Å². The normalized spacial score (nSPS) is 10.6. The highest BCUT2D eigenvalue weighted by Crippen LogP contribution is 2.31. The van der Waals surface area contributed by atoms with Gasteiger partial charge in [0.15, 0.2) is 11.4 Å². The van der Waals surface area contributed by atoms with Crippen molar-refractivity contribution >= 4 is 28.4 Å². The fourth-order valence-corrected chi connectivity index (χ4v) is 3.03. The number of aldehydes is 1. The van der Waals surface area contributed by atoms with Crippen molar-refractivity contribution in [3.63, 3.8) is 0 Å². The Balaban J connectivity index is 2.36. The van der Waals surface area contributed by atoms with Gasteiger partial charge in [0.1, 0.15) is 5.82 Å². The molecule has 0 atom stereocenters. The van der Waals surface area contributed by atoms with Gasteiger partial charge in [0.25, 0.3) is 0 Å². The second-order valence-electron chi connectivity index (χ2n) is 4.40. The first-order chi connectivity index (χ1) is 9.69. The summed E-state index contributed by atoms with van der Waals surface area (Å²) in [6.07, 6.45) is 2.61. The van der Waals surface area contributed by atoms with Crippen molar-refractivity contribution in [2.24, 2.45) is 0 Å². The minimum atomic E-state index is -0.260. The van der Waals surface area contributed by atoms with Gasteiger partial charge in [0.05, 0.1) is 10.6 Å². The number of rotatable bonds is 6. The molecule has 3 nitrogen and oxygen atoms in total. The number of hydrogen-bond donors (Lipinski definition) is 0. The number of hydrogen-bond acceptors (Lipinski definition) is 4. The molecule has 0 saturated carbocycles. The van der Waals surface area contributed by atoms with E-state index in [-0.39, 0.29) is 5.82 Å². The van der Waals surface area contributed by atoms with E-state index in [1.165, 1.54) is 23.5 Å². The summed E-state index contributed by atoms with van der Waals surface area (Å²) < 4.78 is 13.0. The standard InChI is InChI=1S/C15H17FN2OS/c1-3-5-13-14(10-19)20-15(17-13)18(4-2)12-8-6-11(16)7-9-12/h6-10H,3-5H2,1-2H3. The number of carbonyl (C=O) groups excluding carboxylic acids is 1. The molecule has 5 heteroatoms. The number of thiazole rings is 1. The summed E-state index contributed by atoms with van der Waals surface area (Å²) in [4.78, 5) is 18.3. The third-order valence-electron chi connectivity index (χ3n) is 3.00. The van der Waals surface area contributed by atoms with E-state index in [1.807, 2.05) is 11.8 Å². The fourth-order valence-electron chi connectivity index (χ4n) is 2.02. The van der Waals surface area contributed by atoms with Crippen LogP contribution in [0.5, 0.6) is 0 Å². The first-order valence-electron chi connectivity index (χ1n) is 6.67. The zero-order valence-electron chi connectivity index (χ0n) is 11.6. The summed E-state index contributed by atoms with van der Waals surface area (Å²) >= 11 is 1.38. The van der Waals surface area contributed by atoms with Crippen molar-refractivity contribution in [3.8, 4) is 0 Å². The summed E-state index contributed by atoms with van der Waals surface area (Å²) in [6, 6.07) is 6.30. The monoisotopic (exact) mass is 292 g/mol. The van der Waals surface area contributed by atoms with Gasteiger partial charge in [-0.05, 0) is 37.6 Å². The van der Waals surface area contributed by atoms with Crippen LogP contribution in [-0.4, -0.2) is 17.8 Å². The van der Waals surface area contributed by atoms with Gasteiger partial charge in [0, 0.05) is 12.2 Å². The second-order valence-corrected chi connectivity index (χ2v) is 5.41. The fraction of sp³-hybridized carbons (Fsp3) is 0.333. The minimum absolute atomic E-state index is 0.260. The van der Waals surface area contributed by atoms with Crippen molar-refractivity contribution < 1.29 is 9.18 Å². The Morgan fingerprint density at radius 1 is 1.30 bits per heavy atom. The molecule has 2 aromatic rings. The van der Waals surface area contributed by atoms with E-state index in [9.17, 15) is 9.18 Å². The largest absolute Gasteiger partial charge is 0.318 e. The average Bonchev–Trinajstić information content (AvgIpc) is 2.85. The van der Waals surface area contributed by atoms with Crippen LogP contribution in [0.1, 0.15) is 35.6 Å². The smallest absolute Gasteiger partial charge is 0.190 e. The Morgan fingerprint density at radius 3 is 2.55 bits per heavy atom. The summed E-state index contributed by atoms with van der Waals surface area (Å²) in [6.45, 7) is 4.78. The lowest BCUT2D eigenvalue weighted by atomic mass is 10.2. The Kier molecular flexibility index (Phi) is 4.84. The van der Waals surface area contributed by atoms with E-state index in [2.05, 4.69) is 11.9 Å². The van der Waals surface area contributed by atoms with Crippen LogP contribution in [0.2, 0.25) is 0 Å². The quantitative estimate of drug-likeness (QED) is 0.748. The molecule has 0 saturated heterocycles. The van der Waals surface area contributed by atoms with Crippen molar-refractivity contribution in [1.29, 1.82) is 0 Å². The minimum Gasteiger partial charge on any atom is -0.318 e. The molecular formula is C15H17FN2OS. The molecule has 0 aliphatic carbocycles. The highest BCUT2D eigenvalue weighted by molar-refractivity contribution is 7.17. The molecule has 1 heterocycles. The zero-order chi connectivity index (χ0) is 14.5. The summed E-state index contributed by atoms with van der Waals surface area (Å²) in [5.74, 6) is -0.260. The summed E-state index contributed by atoms with van der Waals surface area (Å²) in [5, 5.41) is 0.782. The Labute approximate surface area is 122 Å². The highest BCUT2D eigenvalue weighted by Gasteiger charge is 2.16. The molecule has 0 amide bonds. The molecule has 0 N–H and O–H groups in total. The number of benzene rings is 1. The Bertz CT molecular complexity index is 580. The molecule has 20 heavy (non-hydrogen) atoms. The molecular weight excluding hydrogens is 275 g/mol. The van der Waals surface area contributed by atoms with Crippen LogP contribution in [0.3, 0.4) is 0 Å². The molecule has 1 aromatic heterocycles.